The van der Waals surface area contributed by atoms with E-state index in [0.29, 0.717) is 49.3 Å². The van der Waals surface area contributed by atoms with Crippen LogP contribution in [-0.4, -0.2) is 129 Å². The number of methoxy groups -OCH3 is 2. The lowest BCUT2D eigenvalue weighted by Gasteiger charge is -2.37. The van der Waals surface area contributed by atoms with Gasteiger partial charge in [-0.2, -0.15) is 13.2 Å². The summed E-state index contributed by atoms with van der Waals surface area (Å²) in [5.74, 6) is -0.695. The molecular formula is C48H57ClF3N5O7S3. The lowest BCUT2D eigenvalue weighted by molar-refractivity contribution is -0.0456. The van der Waals surface area contributed by atoms with Crippen LogP contribution in [0, 0.1) is 0 Å². The number of nitrogens with zero attached hydrogens (tertiary/aromatic N) is 3. The van der Waals surface area contributed by atoms with Crippen LogP contribution in [0.25, 0.3) is 5.57 Å². The number of hydrogen-bond acceptors (Lipinski definition) is 12. The minimum absolute atomic E-state index is 0.00699. The molecule has 4 aromatic carbocycles. The number of piperidine rings is 1. The van der Waals surface area contributed by atoms with Gasteiger partial charge in [0.25, 0.3) is 25.8 Å². The van der Waals surface area contributed by atoms with Gasteiger partial charge in [0.1, 0.15) is 4.90 Å². The number of alkyl halides is 3. The Hall–Kier alpha value is -4.14. The Morgan fingerprint density at radius 3 is 2.13 bits per heavy atom. The molecule has 0 aromatic heterocycles. The standard InChI is InChI=1S/C48H57ClF3N5O7S3/c1-63-40-28-41(64-2)32-56(31-40)23-22-38(33-65-42-9-4-3-5-10-42)53-45-21-20-43(29-46(45)66(59,60)48(50,51)52)67(61,62)54-47(58)35-14-18-39(19-15-35)57-26-24-55(25-27-57)30-36-8-6-7-11-44(36)34-12-16-37(49)17-13-34/h3-5,9-10,12-21,29,38,40-41,53H,6-8,11,22-28,30-33H2,1-2H3,(H,54,58)/t38-,40-,41+/m1/s1. The summed E-state index contributed by atoms with van der Waals surface area (Å²) >= 11 is 7.59. The number of hydrogen-bond donors (Lipinski definition) is 2. The van der Waals surface area contributed by atoms with Crippen molar-refractivity contribution in [2.75, 3.05) is 82.5 Å². The summed E-state index contributed by atoms with van der Waals surface area (Å²) in [6.45, 7) is 5.73. The van der Waals surface area contributed by atoms with E-state index < -0.39 is 52.8 Å². The average molecular weight is 1000 g/mol. The molecule has 2 heterocycles. The van der Waals surface area contributed by atoms with Gasteiger partial charge in [-0.3, -0.25) is 14.6 Å². The maximum absolute atomic E-state index is 14.3. The third kappa shape index (κ3) is 13.1. The van der Waals surface area contributed by atoms with E-state index in [2.05, 4.69) is 32.1 Å². The van der Waals surface area contributed by atoms with E-state index in [1.165, 1.54) is 47.0 Å². The molecule has 2 N–H and O–H groups in total. The first kappa shape index (κ1) is 50.7. The molecule has 7 rings (SSSR count). The number of halogens is 4. The van der Waals surface area contributed by atoms with Crippen molar-refractivity contribution in [1.82, 2.24) is 14.5 Å². The third-order valence-electron chi connectivity index (χ3n) is 12.6. The minimum Gasteiger partial charge on any atom is -0.380 e. The molecule has 0 radical (unpaired) electrons. The smallest absolute Gasteiger partial charge is 0.380 e. The van der Waals surface area contributed by atoms with Gasteiger partial charge in [-0.15, -0.1) is 11.8 Å². The molecule has 0 bridgehead atoms. The highest BCUT2D eigenvalue weighted by molar-refractivity contribution is 7.99. The quantitative estimate of drug-likeness (QED) is 0.0924. The van der Waals surface area contributed by atoms with Gasteiger partial charge in [0.2, 0.25) is 0 Å². The van der Waals surface area contributed by atoms with Gasteiger partial charge in [-0.1, -0.05) is 47.5 Å². The highest BCUT2D eigenvalue weighted by atomic mass is 35.5. The summed E-state index contributed by atoms with van der Waals surface area (Å²) in [6.07, 6.45) is 5.37. The number of anilines is 2. The summed E-state index contributed by atoms with van der Waals surface area (Å²) in [5, 5.41) is 3.73. The molecule has 0 unspecified atom stereocenters. The molecule has 3 aliphatic rings. The number of likely N-dealkylation sites (tertiary alicyclic amines) is 1. The molecule has 19 heteroatoms. The van der Waals surface area contributed by atoms with Crippen LogP contribution in [0.15, 0.2) is 117 Å². The van der Waals surface area contributed by atoms with Crippen molar-refractivity contribution in [3.05, 3.63) is 119 Å². The SMILES string of the molecule is CO[C@@H]1C[C@H](OC)CN(CC[C@H](CSc2ccccc2)Nc2ccc(S(=O)(=O)NC(=O)c3ccc(N4CCN(CC5=C(c6ccc(Cl)cc6)CCCC5)CC4)cc3)cc2S(=O)(=O)C(F)(F)F)C1. The number of benzene rings is 4. The van der Waals surface area contributed by atoms with Crippen LogP contribution in [0.4, 0.5) is 24.5 Å². The van der Waals surface area contributed by atoms with Gasteiger partial charge in [-0.05, 0) is 110 Å². The highest BCUT2D eigenvalue weighted by Gasteiger charge is 2.48. The van der Waals surface area contributed by atoms with Crippen LogP contribution >= 0.6 is 23.4 Å². The number of piperazine rings is 1. The van der Waals surface area contributed by atoms with E-state index in [1.54, 1.807) is 26.4 Å². The first-order valence-electron chi connectivity index (χ1n) is 22.3. The summed E-state index contributed by atoms with van der Waals surface area (Å²) < 4.78 is 110. The Bertz CT molecular complexity index is 2550. The lowest BCUT2D eigenvalue weighted by Crippen LogP contribution is -2.48. The second kappa shape index (κ2) is 22.5. The monoisotopic (exact) mass is 1000 g/mol. The van der Waals surface area contributed by atoms with E-state index in [-0.39, 0.29) is 17.8 Å². The fourth-order valence-electron chi connectivity index (χ4n) is 8.86. The molecule has 0 spiro atoms. The number of sulfonamides is 1. The van der Waals surface area contributed by atoms with Crippen molar-refractivity contribution in [2.24, 2.45) is 0 Å². The Balaban J connectivity index is 1.03. The van der Waals surface area contributed by atoms with Gasteiger partial charge >= 0.3 is 5.51 Å². The number of sulfone groups is 1. The number of carbonyl (C=O) groups excluding carboxylic acids is 1. The van der Waals surface area contributed by atoms with Crippen LogP contribution in [0.2, 0.25) is 5.02 Å². The van der Waals surface area contributed by atoms with Gasteiger partial charge < -0.3 is 19.7 Å². The van der Waals surface area contributed by atoms with Crippen molar-refractivity contribution in [3.8, 4) is 0 Å². The fraction of sp³-hybridized carbons (Fsp3) is 0.438. The van der Waals surface area contributed by atoms with Gasteiger partial charge in [0.15, 0.2) is 0 Å². The lowest BCUT2D eigenvalue weighted by atomic mass is 9.87. The molecule has 4 aromatic rings. The Morgan fingerprint density at radius 1 is 0.836 bits per heavy atom. The zero-order chi connectivity index (χ0) is 47.8. The second-order valence-electron chi connectivity index (χ2n) is 17.1. The zero-order valence-corrected chi connectivity index (χ0v) is 40.7. The fourth-order valence-corrected chi connectivity index (χ4v) is 12.0. The van der Waals surface area contributed by atoms with E-state index in [9.17, 15) is 34.8 Å². The Labute approximate surface area is 401 Å². The molecule has 1 amide bonds. The largest absolute Gasteiger partial charge is 0.501 e. The molecule has 2 fully saturated rings. The number of amides is 1. The van der Waals surface area contributed by atoms with Crippen molar-refractivity contribution < 1.29 is 44.3 Å². The molecular weight excluding hydrogens is 947 g/mol. The Morgan fingerprint density at radius 2 is 1.49 bits per heavy atom. The van der Waals surface area contributed by atoms with Crippen molar-refractivity contribution in [2.45, 2.75) is 77.0 Å². The summed E-state index contributed by atoms with van der Waals surface area (Å²) in [5.41, 5.74) is -1.26. The summed E-state index contributed by atoms with van der Waals surface area (Å²) in [6, 6.07) is 25.6. The van der Waals surface area contributed by atoms with Crippen LogP contribution in [0.3, 0.4) is 0 Å². The summed E-state index contributed by atoms with van der Waals surface area (Å²) in [4.78, 5) is 18.9. The van der Waals surface area contributed by atoms with Crippen molar-refractivity contribution >= 4 is 66.1 Å². The maximum atomic E-state index is 14.3. The number of rotatable bonds is 18. The zero-order valence-electron chi connectivity index (χ0n) is 37.5. The number of thioether (sulfide) groups is 1. The number of ether oxygens (including phenoxy) is 2. The number of nitrogens with one attached hydrogen (secondary N) is 2. The van der Waals surface area contributed by atoms with Gasteiger partial charge in [0.05, 0.1) is 22.8 Å². The molecule has 2 saturated heterocycles. The molecule has 12 nitrogen and oxygen atoms in total. The molecule has 3 atom stereocenters. The second-order valence-corrected chi connectivity index (χ2v) is 22.2. The molecule has 0 saturated carbocycles. The van der Waals surface area contributed by atoms with E-state index in [0.717, 1.165) is 74.7 Å². The maximum Gasteiger partial charge on any atom is 0.501 e. The predicted molar refractivity (Wildman–Crippen MR) is 258 cm³/mol. The molecule has 1 aliphatic carbocycles. The first-order chi connectivity index (χ1) is 32.0. The molecule has 67 heavy (non-hydrogen) atoms. The highest BCUT2D eigenvalue weighted by Crippen LogP contribution is 2.37. The molecule has 362 valence electrons. The van der Waals surface area contributed by atoms with Crippen LogP contribution in [0.5, 0.6) is 0 Å². The average Bonchev–Trinajstić information content (AvgIpc) is 3.32. The van der Waals surface area contributed by atoms with Crippen molar-refractivity contribution in [1.29, 1.82) is 0 Å². The first-order valence-corrected chi connectivity index (χ1v) is 26.6. The normalized spacial score (nSPS) is 19.6. The van der Waals surface area contributed by atoms with Crippen LogP contribution < -0.4 is 14.9 Å². The van der Waals surface area contributed by atoms with Crippen LogP contribution in [-0.2, 0) is 29.3 Å². The predicted octanol–water partition coefficient (Wildman–Crippen LogP) is 8.60. The minimum atomic E-state index is -6.09. The van der Waals surface area contributed by atoms with Gasteiger partial charge in [-0.25, -0.2) is 21.6 Å². The Kier molecular flexibility index (Phi) is 17.1. The van der Waals surface area contributed by atoms with E-state index >= 15 is 0 Å². The van der Waals surface area contributed by atoms with E-state index in [1.807, 2.05) is 47.2 Å². The van der Waals surface area contributed by atoms with Crippen LogP contribution in [0.1, 0.15) is 54.4 Å². The topological polar surface area (TPSA) is 138 Å². The third-order valence-corrected chi connectivity index (χ3v) is 16.9. The van der Waals surface area contributed by atoms with Gasteiger partial charge in [0, 0.05) is 106 Å². The number of carbonyl (C=O) groups is 1. The molecule has 2 aliphatic heterocycles. The number of allylic oxidation sites excluding steroid dienone is 1. The van der Waals surface area contributed by atoms with Crippen molar-refractivity contribution in [3.63, 3.8) is 0 Å². The summed E-state index contributed by atoms with van der Waals surface area (Å²) in [7, 11) is -7.71. The van der Waals surface area contributed by atoms with E-state index in [4.69, 9.17) is 21.1 Å².